The highest BCUT2D eigenvalue weighted by Gasteiger charge is 2.35. The molecule has 1 aliphatic carbocycles. The van der Waals surface area contributed by atoms with E-state index in [1.165, 1.54) is 11.3 Å². The number of nitrogens with one attached hydrogen (secondary N) is 1. The Hall–Kier alpha value is 0.0500. The Bertz CT molecular complexity index is 500. The molecule has 2 N–H and O–H groups in total. The van der Waals surface area contributed by atoms with E-state index >= 15 is 0 Å². The maximum atomic E-state index is 12.0. The molecule has 1 fully saturated rings. The quantitative estimate of drug-likeness (QED) is 0.881. The van der Waals surface area contributed by atoms with Crippen LogP contribution >= 0.6 is 27.3 Å². The number of hydrogen-bond donors (Lipinski definition) is 2. The van der Waals surface area contributed by atoms with E-state index in [1.807, 2.05) is 6.92 Å². The Morgan fingerprint density at radius 3 is 2.65 bits per heavy atom. The predicted molar refractivity (Wildman–Crippen MR) is 70.7 cm³/mol. The predicted octanol–water partition coefficient (Wildman–Crippen LogP) is 2.01. The molecule has 1 heterocycles. The van der Waals surface area contributed by atoms with Gasteiger partial charge in [0.2, 0.25) is 10.0 Å². The molecule has 1 saturated carbocycles. The summed E-state index contributed by atoms with van der Waals surface area (Å²) in [6.07, 6.45) is 2.30. The first kappa shape index (κ1) is 13.5. The number of thiophene rings is 1. The zero-order chi connectivity index (χ0) is 12.7. The Labute approximate surface area is 113 Å². The monoisotopic (exact) mass is 339 g/mol. The zero-order valence-corrected chi connectivity index (χ0v) is 12.6. The summed E-state index contributed by atoms with van der Waals surface area (Å²) in [6.45, 7) is 1.95. The second kappa shape index (κ2) is 4.62. The van der Waals surface area contributed by atoms with E-state index in [4.69, 9.17) is 0 Å². The van der Waals surface area contributed by atoms with Gasteiger partial charge in [-0.05, 0) is 53.7 Å². The first-order valence-corrected chi connectivity index (χ1v) is 8.40. The van der Waals surface area contributed by atoms with Crippen molar-refractivity contribution in [2.45, 2.75) is 36.0 Å². The van der Waals surface area contributed by atoms with Crippen molar-refractivity contribution in [1.29, 1.82) is 0 Å². The standard InChI is InChI=1S/C10H14BrNO3S2/c1-7-5-8(16-9(7)11)17(14,15)12-6-10(13)3-2-4-10/h5,12-13H,2-4,6H2,1H3. The molecule has 0 atom stereocenters. The van der Waals surface area contributed by atoms with Crippen LogP contribution in [-0.2, 0) is 10.0 Å². The van der Waals surface area contributed by atoms with Gasteiger partial charge in [0.05, 0.1) is 9.39 Å². The molecule has 0 radical (unpaired) electrons. The van der Waals surface area contributed by atoms with Gasteiger partial charge in [-0.25, -0.2) is 13.1 Å². The topological polar surface area (TPSA) is 66.4 Å². The Kier molecular flexibility index (Phi) is 3.66. The van der Waals surface area contributed by atoms with E-state index in [0.717, 1.165) is 15.8 Å². The molecule has 0 saturated heterocycles. The molecule has 17 heavy (non-hydrogen) atoms. The van der Waals surface area contributed by atoms with Gasteiger partial charge in [-0.15, -0.1) is 11.3 Å². The summed E-state index contributed by atoms with van der Waals surface area (Å²) in [5, 5.41) is 9.85. The minimum absolute atomic E-state index is 0.101. The van der Waals surface area contributed by atoms with Crippen LogP contribution in [-0.4, -0.2) is 25.7 Å². The van der Waals surface area contributed by atoms with Crippen LogP contribution in [0.5, 0.6) is 0 Å². The molecular formula is C10H14BrNO3S2. The summed E-state index contributed by atoms with van der Waals surface area (Å²) in [4.78, 5) is 0. The summed E-state index contributed by atoms with van der Waals surface area (Å²) >= 11 is 4.48. The first-order chi connectivity index (χ1) is 7.82. The minimum Gasteiger partial charge on any atom is -0.389 e. The molecule has 7 heteroatoms. The van der Waals surface area contributed by atoms with Crippen LogP contribution in [0.1, 0.15) is 24.8 Å². The highest BCUT2D eigenvalue weighted by atomic mass is 79.9. The number of hydrogen-bond acceptors (Lipinski definition) is 4. The fraction of sp³-hybridized carbons (Fsp3) is 0.600. The minimum atomic E-state index is -3.49. The van der Waals surface area contributed by atoms with Crippen molar-refractivity contribution < 1.29 is 13.5 Å². The third kappa shape index (κ3) is 2.90. The number of aryl methyl sites for hydroxylation is 1. The van der Waals surface area contributed by atoms with Gasteiger partial charge in [0, 0.05) is 6.54 Å². The van der Waals surface area contributed by atoms with Gasteiger partial charge >= 0.3 is 0 Å². The molecule has 1 aromatic rings. The van der Waals surface area contributed by atoms with E-state index < -0.39 is 15.6 Å². The lowest BCUT2D eigenvalue weighted by molar-refractivity contribution is -0.0270. The van der Waals surface area contributed by atoms with E-state index in [1.54, 1.807) is 6.07 Å². The molecule has 0 amide bonds. The average Bonchev–Trinajstić information content (AvgIpc) is 2.54. The molecule has 1 aliphatic rings. The lowest BCUT2D eigenvalue weighted by atomic mass is 9.81. The largest absolute Gasteiger partial charge is 0.389 e. The van der Waals surface area contributed by atoms with E-state index in [2.05, 4.69) is 20.7 Å². The summed E-state index contributed by atoms with van der Waals surface area (Å²) in [5.41, 5.74) is 0.0640. The highest BCUT2D eigenvalue weighted by molar-refractivity contribution is 9.11. The second-order valence-electron chi connectivity index (χ2n) is 4.42. The van der Waals surface area contributed by atoms with Crippen molar-refractivity contribution in [2.24, 2.45) is 0 Å². The fourth-order valence-electron chi connectivity index (χ4n) is 1.63. The van der Waals surface area contributed by atoms with Crippen molar-refractivity contribution in [1.82, 2.24) is 4.72 Å². The van der Waals surface area contributed by atoms with Crippen LogP contribution in [0, 0.1) is 6.92 Å². The molecule has 96 valence electrons. The van der Waals surface area contributed by atoms with Crippen molar-refractivity contribution in [3.63, 3.8) is 0 Å². The first-order valence-electron chi connectivity index (χ1n) is 5.30. The maximum Gasteiger partial charge on any atom is 0.250 e. The lowest BCUT2D eigenvalue weighted by Crippen LogP contribution is -2.47. The third-order valence-electron chi connectivity index (χ3n) is 2.97. The zero-order valence-electron chi connectivity index (χ0n) is 9.36. The number of aliphatic hydroxyl groups is 1. The van der Waals surface area contributed by atoms with Gasteiger partial charge in [-0.3, -0.25) is 0 Å². The Morgan fingerprint density at radius 1 is 1.59 bits per heavy atom. The molecule has 0 unspecified atom stereocenters. The van der Waals surface area contributed by atoms with Crippen molar-refractivity contribution >= 4 is 37.3 Å². The molecule has 0 aliphatic heterocycles. The second-order valence-corrected chi connectivity index (χ2v) is 8.79. The van der Waals surface area contributed by atoms with Crippen molar-refractivity contribution in [3.8, 4) is 0 Å². The van der Waals surface area contributed by atoms with E-state index in [9.17, 15) is 13.5 Å². The van der Waals surface area contributed by atoms with Crippen LogP contribution in [0.25, 0.3) is 0 Å². The van der Waals surface area contributed by atoms with Crippen LogP contribution < -0.4 is 4.72 Å². The Balaban J connectivity index is 2.08. The van der Waals surface area contributed by atoms with Crippen LogP contribution in [0.3, 0.4) is 0 Å². The number of halogens is 1. The lowest BCUT2D eigenvalue weighted by Gasteiger charge is -2.36. The SMILES string of the molecule is Cc1cc(S(=O)(=O)NCC2(O)CCC2)sc1Br. The van der Waals surface area contributed by atoms with Crippen LogP contribution in [0.15, 0.2) is 14.1 Å². The number of sulfonamides is 1. The average molecular weight is 340 g/mol. The molecular weight excluding hydrogens is 326 g/mol. The summed E-state index contributed by atoms with van der Waals surface area (Å²) in [7, 11) is -3.49. The van der Waals surface area contributed by atoms with Crippen molar-refractivity contribution in [2.75, 3.05) is 6.54 Å². The van der Waals surface area contributed by atoms with Gasteiger partial charge < -0.3 is 5.11 Å². The molecule has 0 bridgehead atoms. The number of rotatable bonds is 4. The molecule has 0 aromatic carbocycles. The molecule has 2 rings (SSSR count). The van der Waals surface area contributed by atoms with Gasteiger partial charge in [0.1, 0.15) is 4.21 Å². The summed E-state index contributed by atoms with van der Waals surface area (Å²) < 4.78 is 27.5. The Morgan fingerprint density at radius 2 is 2.24 bits per heavy atom. The molecule has 4 nitrogen and oxygen atoms in total. The van der Waals surface area contributed by atoms with Crippen LogP contribution in [0.2, 0.25) is 0 Å². The van der Waals surface area contributed by atoms with Gasteiger partial charge in [-0.2, -0.15) is 0 Å². The summed E-state index contributed by atoms with van der Waals surface area (Å²) in [6, 6.07) is 1.63. The van der Waals surface area contributed by atoms with Gasteiger partial charge in [-0.1, -0.05) is 0 Å². The fourth-order valence-corrected chi connectivity index (χ4v) is 5.02. The molecule has 0 spiro atoms. The van der Waals surface area contributed by atoms with Gasteiger partial charge in [0.25, 0.3) is 0 Å². The smallest absolute Gasteiger partial charge is 0.250 e. The van der Waals surface area contributed by atoms with E-state index in [-0.39, 0.29) is 10.8 Å². The maximum absolute atomic E-state index is 12.0. The highest BCUT2D eigenvalue weighted by Crippen LogP contribution is 2.33. The summed E-state index contributed by atoms with van der Waals surface area (Å²) in [5.74, 6) is 0. The molecule has 1 aromatic heterocycles. The van der Waals surface area contributed by atoms with E-state index in [0.29, 0.717) is 12.8 Å². The normalized spacial score (nSPS) is 19.0. The van der Waals surface area contributed by atoms with Crippen LogP contribution in [0.4, 0.5) is 0 Å². The van der Waals surface area contributed by atoms with Gasteiger partial charge in [0.15, 0.2) is 0 Å². The van der Waals surface area contributed by atoms with Crippen molar-refractivity contribution in [3.05, 3.63) is 15.4 Å². The third-order valence-corrected chi connectivity index (χ3v) is 6.99.